The van der Waals surface area contributed by atoms with E-state index in [-0.39, 0.29) is 0 Å². The average Bonchev–Trinajstić information content (AvgIpc) is 2.79. The maximum atomic E-state index is 5.97. The molecule has 3 unspecified atom stereocenters. The Hall–Kier alpha value is -0.120. The van der Waals surface area contributed by atoms with Crippen LogP contribution in [-0.4, -0.2) is 32.0 Å². The molecule has 1 heterocycles. The normalized spacial score (nSPS) is 37.0. The molecule has 0 spiro atoms. The van der Waals surface area contributed by atoms with E-state index in [4.69, 9.17) is 15.2 Å². The van der Waals surface area contributed by atoms with E-state index >= 15 is 0 Å². The van der Waals surface area contributed by atoms with Crippen molar-refractivity contribution in [2.75, 3.05) is 19.8 Å². The van der Waals surface area contributed by atoms with Crippen molar-refractivity contribution in [2.24, 2.45) is 11.7 Å². The van der Waals surface area contributed by atoms with Crippen LogP contribution < -0.4 is 5.73 Å². The molecule has 0 amide bonds. The van der Waals surface area contributed by atoms with Gasteiger partial charge in [0.25, 0.3) is 0 Å². The second-order valence-electron chi connectivity index (χ2n) is 4.79. The molecule has 0 bridgehead atoms. The first-order valence-corrected chi connectivity index (χ1v) is 6.33. The van der Waals surface area contributed by atoms with Gasteiger partial charge in [0.05, 0.1) is 18.8 Å². The van der Waals surface area contributed by atoms with Gasteiger partial charge >= 0.3 is 0 Å². The first kappa shape index (κ1) is 11.4. The van der Waals surface area contributed by atoms with E-state index in [0.29, 0.717) is 18.1 Å². The predicted molar refractivity (Wildman–Crippen MR) is 59.7 cm³/mol. The molecule has 1 aliphatic carbocycles. The molecule has 88 valence electrons. The first-order valence-electron chi connectivity index (χ1n) is 6.33. The maximum Gasteiger partial charge on any atom is 0.0809 e. The van der Waals surface area contributed by atoms with E-state index in [1.807, 2.05) is 0 Å². The summed E-state index contributed by atoms with van der Waals surface area (Å²) in [4.78, 5) is 0. The van der Waals surface area contributed by atoms with Gasteiger partial charge in [0, 0.05) is 6.61 Å². The van der Waals surface area contributed by atoms with Gasteiger partial charge in [-0.2, -0.15) is 0 Å². The lowest BCUT2D eigenvalue weighted by Crippen LogP contribution is -2.35. The highest BCUT2D eigenvalue weighted by atomic mass is 16.5. The third kappa shape index (κ3) is 3.16. The van der Waals surface area contributed by atoms with Crippen molar-refractivity contribution in [3.05, 3.63) is 0 Å². The lowest BCUT2D eigenvalue weighted by molar-refractivity contribution is -0.0538. The van der Waals surface area contributed by atoms with Crippen LogP contribution in [0.5, 0.6) is 0 Å². The zero-order chi connectivity index (χ0) is 10.5. The Morgan fingerprint density at radius 1 is 1.13 bits per heavy atom. The van der Waals surface area contributed by atoms with Gasteiger partial charge in [0.15, 0.2) is 0 Å². The highest BCUT2D eigenvalue weighted by Gasteiger charge is 2.26. The fourth-order valence-corrected chi connectivity index (χ4v) is 2.67. The minimum absolute atomic E-state index is 0.352. The zero-order valence-electron chi connectivity index (χ0n) is 9.49. The molecule has 3 atom stereocenters. The molecule has 3 nitrogen and oxygen atoms in total. The summed E-state index contributed by atoms with van der Waals surface area (Å²) in [5.41, 5.74) is 5.77. The molecule has 1 saturated carbocycles. The number of rotatable bonds is 4. The Labute approximate surface area is 92.3 Å². The fraction of sp³-hybridized carbons (Fsp3) is 1.00. The average molecular weight is 213 g/mol. The molecule has 1 aliphatic heterocycles. The summed E-state index contributed by atoms with van der Waals surface area (Å²) >= 11 is 0. The van der Waals surface area contributed by atoms with Crippen LogP contribution in [0.2, 0.25) is 0 Å². The summed E-state index contributed by atoms with van der Waals surface area (Å²) in [6.07, 6.45) is 8.16. The van der Waals surface area contributed by atoms with Crippen molar-refractivity contribution >= 4 is 0 Å². The molecule has 0 aromatic rings. The van der Waals surface area contributed by atoms with E-state index in [9.17, 15) is 0 Å². The molecule has 2 rings (SSSR count). The van der Waals surface area contributed by atoms with Crippen molar-refractivity contribution in [1.29, 1.82) is 0 Å². The number of hydrogen-bond donors (Lipinski definition) is 1. The van der Waals surface area contributed by atoms with Gasteiger partial charge in [-0.05, 0) is 38.1 Å². The van der Waals surface area contributed by atoms with Gasteiger partial charge in [0.1, 0.15) is 0 Å². The summed E-state index contributed by atoms with van der Waals surface area (Å²) in [6, 6.07) is 0. The van der Waals surface area contributed by atoms with Crippen LogP contribution in [0, 0.1) is 5.92 Å². The van der Waals surface area contributed by atoms with Gasteiger partial charge in [-0.15, -0.1) is 0 Å². The molecular formula is C12H23NO2. The number of nitrogens with two attached hydrogens (primary N) is 1. The number of ether oxygens (including phenoxy) is 2. The predicted octanol–water partition coefficient (Wildman–Crippen LogP) is 1.70. The van der Waals surface area contributed by atoms with Crippen molar-refractivity contribution < 1.29 is 9.47 Å². The highest BCUT2D eigenvalue weighted by Crippen LogP contribution is 2.26. The summed E-state index contributed by atoms with van der Waals surface area (Å²) in [5.74, 6) is 0.583. The van der Waals surface area contributed by atoms with Crippen molar-refractivity contribution in [3.63, 3.8) is 0 Å². The Balaban J connectivity index is 1.71. The van der Waals surface area contributed by atoms with E-state index in [1.165, 1.54) is 38.5 Å². The van der Waals surface area contributed by atoms with Gasteiger partial charge in [-0.1, -0.05) is 12.8 Å². The van der Waals surface area contributed by atoms with Gasteiger partial charge in [-0.25, -0.2) is 0 Å². The van der Waals surface area contributed by atoms with Crippen molar-refractivity contribution in [3.8, 4) is 0 Å². The van der Waals surface area contributed by atoms with Crippen LogP contribution in [0.4, 0.5) is 0 Å². The Bertz CT molecular complexity index is 180. The molecular weight excluding hydrogens is 190 g/mol. The minimum atomic E-state index is 0.352. The van der Waals surface area contributed by atoms with E-state index in [1.54, 1.807) is 0 Å². The smallest absolute Gasteiger partial charge is 0.0809 e. The summed E-state index contributed by atoms with van der Waals surface area (Å²) in [6.45, 7) is 2.47. The SMILES string of the molecule is NCC1CCCCC1OCC1CCCO1. The second-order valence-corrected chi connectivity index (χ2v) is 4.79. The topological polar surface area (TPSA) is 44.5 Å². The molecule has 15 heavy (non-hydrogen) atoms. The van der Waals surface area contributed by atoms with Crippen LogP contribution >= 0.6 is 0 Å². The molecule has 1 saturated heterocycles. The van der Waals surface area contributed by atoms with Crippen LogP contribution in [-0.2, 0) is 9.47 Å². The first-order chi connectivity index (χ1) is 7.40. The van der Waals surface area contributed by atoms with Crippen LogP contribution in [0.25, 0.3) is 0 Å². The Kier molecular flexibility index (Phi) is 4.42. The quantitative estimate of drug-likeness (QED) is 0.773. The highest BCUT2D eigenvalue weighted by molar-refractivity contribution is 4.77. The molecule has 2 aliphatic rings. The fourth-order valence-electron chi connectivity index (χ4n) is 2.67. The Morgan fingerprint density at radius 2 is 2.00 bits per heavy atom. The standard InChI is InChI=1S/C12H23NO2/c13-8-10-4-1-2-6-12(10)15-9-11-5-3-7-14-11/h10-12H,1-9,13H2. The van der Waals surface area contributed by atoms with E-state index < -0.39 is 0 Å². The molecule has 0 radical (unpaired) electrons. The van der Waals surface area contributed by atoms with Crippen molar-refractivity contribution in [1.82, 2.24) is 0 Å². The van der Waals surface area contributed by atoms with Crippen LogP contribution in [0.1, 0.15) is 38.5 Å². The molecule has 0 aromatic heterocycles. The zero-order valence-corrected chi connectivity index (χ0v) is 9.49. The monoisotopic (exact) mass is 213 g/mol. The lowest BCUT2D eigenvalue weighted by Gasteiger charge is -2.31. The molecule has 0 aromatic carbocycles. The largest absolute Gasteiger partial charge is 0.376 e. The van der Waals surface area contributed by atoms with Gasteiger partial charge < -0.3 is 15.2 Å². The minimum Gasteiger partial charge on any atom is -0.376 e. The number of hydrogen-bond acceptors (Lipinski definition) is 3. The van der Waals surface area contributed by atoms with Crippen LogP contribution in [0.3, 0.4) is 0 Å². The maximum absolute atomic E-state index is 5.97. The van der Waals surface area contributed by atoms with E-state index in [2.05, 4.69) is 0 Å². The summed E-state index contributed by atoms with van der Waals surface area (Å²) < 4.78 is 11.5. The Morgan fingerprint density at radius 3 is 2.73 bits per heavy atom. The van der Waals surface area contributed by atoms with E-state index in [0.717, 1.165) is 19.8 Å². The van der Waals surface area contributed by atoms with Gasteiger partial charge in [0.2, 0.25) is 0 Å². The third-order valence-electron chi connectivity index (χ3n) is 3.66. The summed E-state index contributed by atoms with van der Waals surface area (Å²) in [5, 5.41) is 0. The van der Waals surface area contributed by atoms with Crippen molar-refractivity contribution in [2.45, 2.75) is 50.7 Å². The summed E-state index contributed by atoms with van der Waals surface area (Å²) in [7, 11) is 0. The lowest BCUT2D eigenvalue weighted by atomic mass is 9.86. The third-order valence-corrected chi connectivity index (χ3v) is 3.66. The van der Waals surface area contributed by atoms with Crippen LogP contribution in [0.15, 0.2) is 0 Å². The second kappa shape index (κ2) is 5.83. The molecule has 2 fully saturated rings. The molecule has 3 heteroatoms. The molecule has 2 N–H and O–H groups in total. The van der Waals surface area contributed by atoms with Gasteiger partial charge in [-0.3, -0.25) is 0 Å².